The van der Waals surface area contributed by atoms with E-state index in [0.29, 0.717) is 0 Å². The average molecular weight is 638 g/mol. The molecular weight excluding hydrogens is 603 g/mol. The smallest absolute Gasteiger partial charge is 0.0705 e. The van der Waals surface area contributed by atoms with Gasteiger partial charge in [0.05, 0.1) is 5.52 Å². The first-order chi connectivity index (χ1) is 24.5. The van der Waals surface area contributed by atoms with Crippen LogP contribution in [0.25, 0.3) is 87.7 Å². The molecule has 1 nitrogen and oxygen atoms in total. The second-order valence-electron chi connectivity index (χ2n) is 14.3. The summed E-state index contributed by atoms with van der Waals surface area (Å²) in [5, 5.41) is 8.72. The minimum Gasteiger partial charge on any atom is -0.253 e. The lowest BCUT2D eigenvalue weighted by Gasteiger charge is -2.23. The van der Waals surface area contributed by atoms with E-state index in [9.17, 15) is 0 Å². The van der Waals surface area contributed by atoms with Gasteiger partial charge in [-0.1, -0.05) is 147 Å². The predicted octanol–water partition coefficient (Wildman–Crippen LogP) is 13.3. The lowest BCUT2D eigenvalue weighted by Crippen LogP contribution is -2.14. The topological polar surface area (TPSA) is 12.9 Å². The number of benzene rings is 8. The Morgan fingerprint density at radius 1 is 0.400 bits per heavy atom. The van der Waals surface area contributed by atoms with E-state index in [1.54, 1.807) is 0 Å². The summed E-state index contributed by atoms with van der Waals surface area (Å²) in [5.41, 5.74) is 15.0. The molecule has 0 saturated carbocycles. The van der Waals surface area contributed by atoms with Crippen LogP contribution in [-0.4, -0.2) is 4.98 Å². The Morgan fingerprint density at radius 3 is 1.92 bits per heavy atom. The number of nitrogens with zero attached hydrogens (tertiary/aromatic N) is 1. The summed E-state index contributed by atoms with van der Waals surface area (Å²) in [5.74, 6) is 0. The van der Waals surface area contributed by atoms with Gasteiger partial charge in [-0.15, -0.1) is 0 Å². The highest BCUT2D eigenvalue weighted by molar-refractivity contribution is 6.23. The van der Waals surface area contributed by atoms with E-state index < -0.39 is 0 Å². The Bertz CT molecular complexity index is 2850. The van der Waals surface area contributed by atoms with Crippen LogP contribution in [0.5, 0.6) is 0 Å². The molecule has 1 heteroatoms. The van der Waals surface area contributed by atoms with Gasteiger partial charge in [-0.05, 0) is 119 Å². The van der Waals surface area contributed by atoms with E-state index in [1.807, 2.05) is 0 Å². The van der Waals surface area contributed by atoms with Crippen molar-refractivity contribution in [2.45, 2.75) is 26.2 Å². The van der Waals surface area contributed by atoms with Gasteiger partial charge in [-0.2, -0.15) is 0 Å². The van der Waals surface area contributed by atoms with Gasteiger partial charge in [0.15, 0.2) is 0 Å². The van der Waals surface area contributed by atoms with Crippen molar-refractivity contribution >= 4 is 43.2 Å². The fourth-order valence-electron chi connectivity index (χ4n) is 8.77. The Balaban J connectivity index is 1.36. The molecule has 0 bridgehead atoms. The maximum absolute atomic E-state index is 4.82. The summed E-state index contributed by atoms with van der Waals surface area (Å²) < 4.78 is 0. The van der Waals surface area contributed by atoms with Crippen LogP contribution in [0.1, 0.15) is 30.7 Å². The first kappa shape index (κ1) is 28.9. The minimum atomic E-state index is -0.0842. The summed E-state index contributed by atoms with van der Waals surface area (Å²) in [4.78, 5) is 4.82. The molecule has 10 rings (SSSR count). The summed E-state index contributed by atoms with van der Waals surface area (Å²) in [7, 11) is 0. The fraction of sp³-hybridized carbons (Fsp3) is 0.0816. The molecule has 8 aromatic carbocycles. The second-order valence-corrected chi connectivity index (χ2v) is 14.3. The van der Waals surface area contributed by atoms with Gasteiger partial charge in [0.1, 0.15) is 0 Å². The van der Waals surface area contributed by atoms with Crippen LogP contribution in [0.2, 0.25) is 0 Å². The third-order valence-corrected chi connectivity index (χ3v) is 11.1. The predicted molar refractivity (Wildman–Crippen MR) is 213 cm³/mol. The van der Waals surface area contributed by atoms with Crippen molar-refractivity contribution in [3.63, 3.8) is 0 Å². The zero-order valence-corrected chi connectivity index (χ0v) is 28.5. The molecule has 50 heavy (non-hydrogen) atoms. The zero-order chi connectivity index (χ0) is 33.6. The SMILES string of the molecule is Cc1ccc2cc(-c3c4ccccc4c(-c4cccc5c4-c4ccccc4C5(C)C)c4cc(-c5cccc6ccccc56)ccc34)ccc2n1. The number of rotatable bonds is 3. The first-order valence-electron chi connectivity index (χ1n) is 17.6. The highest BCUT2D eigenvalue weighted by Crippen LogP contribution is 2.54. The highest BCUT2D eigenvalue weighted by atomic mass is 14.7. The number of aryl methyl sites for hydroxylation is 1. The van der Waals surface area contributed by atoms with Gasteiger partial charge in [-0.3, -0.25) is 4.98 Å². The van der Waals surface area contributed by atoms with Crippen LogP contribution in [0.15, 0.2) is 158 Å². The van der Waals surface area contributed by atoms with Gasteiger partial charge in [0, 0.05) is 16.5 Å². The van der Waals surface area contributed by atoms with Gasteiger partial charge in [-0.25, -0.2) is 0 Å². The van der Waals surface area contributed by atoms with Crippen molar-refractivity contribution in [1.82, 2.24) is 4.98 Å². The number of hydrogen-bond acceptors (Lipinski definition) is 1. The van der Waals surface area contributed by atoms with Gasteiger partial charge in [0.2, 0.25) is 0 Å². The van der Waals surface area contributed by atoms with E-state index >= 15 is 0 Å². The summed E-state index contributed by atoms with van der Waals surface area (Å²) in [6.45, 7) is 6.80. The van der Waals surface area contributed by atoms with Crippen LogP contribution in [0.3, 0.4) is 0 Å². The minimum absolute atomic E-state index is 0.0842. The Kier molecular flexibility index (Phi) is 6.20. The zero-order valence-electron chi connectivity index (χ0n) is 28.5. The highest BCUT2D eigenvalue weighted by Gasteiger charge is 2.37. The fourth-order valence-corrected chi connectivity index (χ4v) is 8.77. The van der Waals surface area contributed by atoms with E-state index in [-0.39, 0.29) is 5.41 Å². The van der Waals surface area contributed by atoms with Crippen LogP contribution < -0.4 is 0 Å². The van der Waals surface area contributed by atoms with Crippen molar-refractivity contribution in [3.05, 3.63) is 175 Å². The van der Waals surface area contributed by atoms with Crippen LogP contribution in [0.4, 0.5) is 0 Å². The van der Waals surface area contributed by atoms with Gasteiger partial charge >= 0.3 is 0 Å². The summed E-state index contributed by atoms with van der Waals surface area (Å²) in [6.07, 6.45) is 0. The standard InChI is InChI=1S/C49H35N/c1-30-22-23-33-28-34(25-27-45(33)50-30)46-37-15-6-7-16-38(37)47(41-19-11-21-44-48(41)40-17-8-9-20-43(40)49(44,2)3)42-29-32(24-26-39(42)46)36-18-10-13-31-12-4-5-14-35(31)36/h4-29H,1-3H3. The van der Waals surface area contributed by atoms with E-state index in [1.165, 1.54) is 88.0 Å². The maximum Gasteiger partial charge on any atom is 0.0705 e. The number of pyridine rings is 1. The summed E-state index contributed by atoms with van der Waals surface area (Å²) in [6, 6.07) is 58.6. The molecule has 0 spiro atoms. The van der Waals surface area contributed by atoms with Crippen molar-refractivity contribution in [2.75, 3.05) is 0 Å². The second kappa shape index (κ2) is 10.7. The Hall–Kier alpha value is -6.05. The third-order valence-electron chi connectivity index (χ3n) is 11.1. The molecular formula is C49H35N. The molecule has 1 aliphatic rings. The monoisotopic (exact) mass is 637 g/mol. The number of aromatic nitrogens is 1. The van der Waals surface area contributed by atoms with E-state index in [2.05, 4.69) is 178 Å². The lowest BCUT2D eigenvalue weighted by atomic mass is 9.80. The number of hydrogen-bond donors (Lipinski definition) is 0. The Labute approximate surface area is 292 Å². The van der Waals surface area contributed by atoms with Crippen molar-refractivity contribution in [3.8, 4) is 44.5 Å². The van der Waals surface area contributed by atoms with Crippen LogP contribution >= 0.6 is 0 Å². The molecule has 0 N–H and O–H groups in total. The summed E-state index contributed by atoms with van der Waals surface area (Å²) >= 11 is 0. The molecule has 0 aliphatic heterocycles. The van der Waals surface area contributed by atoms with Crippen LogP contribution in [-0.2, 0) is 5.41 Å². The van der Waals surface area contributed by atoms with E-state index in [4.69, 9.17) is 4.98 Å². The molecule has 0 fully saturated rings. The third kappa shape index (κ3) is 4.17. The Morgan fingerprint density at radius 2 is 1.04 bits per heavy atom. The lowest BCUT2D eigenvalue weighted by molar-refractivity contribution is 0.660. The van der Waals surface area contributed by atoms with Gasteiger partial charge in [0.25, 0.3) is 0 Å². The molecule has 0 unspecified atom stereocenters. The maximum atomic E-state index is 4.82. The molecule has 0 atom stereocenters. The van der Waals surface area contributed by atoms with Crippen molar-refractivity contribution in [2.24, 2.45) is 0 Å². The molecule has 9 aromatic rings. The molecule has 0 amide bonds. The normalized spacial score (nSPS) is 13.3. The molecule has 1 aliphatic carbocycles. The molecule has 1 aromatic heterocycles. The first-order valence-corrected chi connectivity index (χ1v) is 17.6. The number of fused-ring (bicyclic) bond motifs is 7. The van der Waals surface area contributed by atoms with E-state index in [0.717, 1.165) is 16.6 Å². The van der Waals surface area contributed by atoms with Crippen LogP contribution in [0, 0.1) is 6.92 Å². The average Bonchev–Trinajstić information content (AvgIpc) is 3.39. The molecule has 0 saturated heterocycles. The van der Waals surface area contributed by atoms with Crippen molar-refractivity contribution < 1.29 is 0 Å². The molecule has 0 radical (unpaired) electrons. The molecule has 1 heterocycles. The van der Waals surface area contributed by atoms with Gasteiger partial charge < -0.3 is 0 Å². The largest absolute Gasteiger partial charge is 0.253 e. The van der Waals surface area contributed by atoms with Crippen molar-refractivity contribution in [1.29, 1.82) is 0 Å². The molecule has 236 valence electrons. The quantitative estimate of drug-likeness (QED) is 0.176.